The van der Waals surface area contributed by atoms with Crippen molar-refractivity contribution in [2.75, 3.05) is 38.2 Å². The molecule has 2 aromatic carbocycles. The predicted molar refractivity (Wildman–Crippen MR) is 126 cm³/mol. The van der Waals surface area contributed by atoms with Gasteiger partial charge in [0.05, 0.1) is 12.3 Å². The molecule has 1 amide bonds. The summed E-state index contributed by atoms with van der Waals surface area (Å²) >= 11 is 0. The van der Waals surface area contributed by atoms with Gasteiger partial charge in [-0.3, -0.25) is 4.79 Å². The summed E-state index contributed by atoms with van der Waals surface area (Å²) in [5.41, 5.74) is 3.11. The fraction of sp³-hybridized carbons (Fsp3) is 0.346. The molecule has 0 saturated carbocycles. The van der Waals surface area contributed by atoms with Crippen molar-refractivity contribution in [2.24, 2.45) is 0 Å². The van der Waals surface area contributed by atoms with E-state index in [1.54, 1.807) is 19.2 Å². The molecule has 1 aromatic heterocycles. The van der Waals surface area contributed by atoms with Crippen LogP contribution in [0.15, 0.2) is 54.6 Å². The van der Waals surface area contributed by atoms with Gasteiger partial charge in [0.1, 0.15) is 11.6 Å². The topological polar surface area (TPSA) is 58.6 Å². The molecule has 33 heavy (non-hydrogen) atoms. The van der Waals surface area contributed by atoms with Crippen LogP contribution in [0.25, 0.3) is 11.4 Å². The Morgan fingerprint density at radius 1 is 1.00 bits per heavy atom. The number of hydrogen-bond donors (Lipinski definition) is 0. The number of methoxy groups -OCH3 is 1. The van der Waals surface area contributed by atoms with Gasteiger partial charge in [-0.05, 0) is 11.6 Å². The molecule has 4 rings (SSSR count). The first-order valence-electron chi connectivity index (χ1n) is 11.3. The second kappa shape index (κ2) is 10.5. The molecule has 7 heteroatoms. The van der Waals surface area contributed by atoms with Gasteiger partial charge in [-0.25, -0.2) is 14.4 Å². The van der Waals surface area contributed by atoms with Gasteiger partial charge < -0.3 is 14.5 Å². The zero-order valence-corrected chi connectivity index (χ0v) is 19.1. The van der Waals surface area contributed by atoms with Crippen molar-refractivity contribution >= 4 is 11.7 Å². The lowest BCUT2D eigenvalue weighted by molar-refractivity contribution is -0.131. The van der Waals surface area contributed by atoms with E-state index in [-0.39, 0.29) is 11.7 Å². The van der Waals surface area contributed by atoms with Crippen LogP contribution in [0.4, 0.5) is 10.2 Å². The third kappa shape index (κ3) is 5.20. The highest BCUT2D eigenvalue weighted by Gasteiger charge is 2.26. The second-order valence-corrected chi connectivity index (χ2v) is 8.08. The minimum atomic E-state index is -0.252. The lowest BCUT2D eigenvalue weighted by Crippen LogP contribution is -2.49. The molecule has 1 aliphatic heterocycles. The van der Waals surface area contributed by atoms with E-state index in [1.165, 1.54) is 6.07 Å². The third-order valence-electron chi connectivity index (χ3n) is 5.94. The first-order chi connectivity index (χ1) is 16.1. The number of carbonyl (C=O) groups is 1. The number of hydrogen-bond acceptors (Lipinski definition) is 5. The Balaban J connectivity index is 1.78. The summed E-state index contributed by atoms with van der Waals surface area (Å²) in [5.74, 6) is 1.30. The van der Waals surface area contributed by atoms with Crippen LogP contribution < -0.4 is 4.90 Å². The van der Waals surface area contributed by atoms with E-state index >= 15 is 0 Å². The Morgan fingerprint density at radius 2 is 1.70 bits per heavy atom. The van der Waals surface area contributed by atoms with Crippen LogP contribution in [-0.2, 0) is 22.6 Å². The van der Waals surface area contributed by atoms with Crippen LogP contribution in [0.3, 0.4) is 0 Å². The smallest absolute Gasteiger partial charge is 0.222 e. The number of piperazine rings is 1. The van der Waals surface area contributed by atoms with Crippen molar-refractivity contribution in [1.29, 1.82) is 0 Å². The predicted octanol–water partition coefficient (Wildman–Crippen LogP) is 4.08. The van der Waals surface area contributed by atoms with E-state index in [0.29, 0.717) is 57.0 Å². The number of halogens is 1. The number of anilines is 1. The highest BCUT2D eigenvalue weighted by atomic mass is 19.1. The van der Waals surface area contributed by atoms with Gasteiger partial charge in [0.15, 0.2) is 5.82 Å². The molecule has 172 valence electrons. The van der Waals surface area contributed by atoms with Gasteiger partial charge in [-0.1, -0.05) is 55.5 Å². The van der Waals surface area contributed by atoms with E-state index in [0.717, 1.165) is 22.6 Å². The summed E-state index contributed by atoms with van der Waals surface area (Å²) in [6, 6.07) is 16.6. The normalized spacial score (nSPS) is 13.9. The summed E-state index contributed by atoms with van der Waals surface area (Å²) in [4.78, 5) is 26.0. The first kappa shape index (κ1) is 22.9. The summed E-state index contributed by atoms with van der Waals surface area (Å²) in [6.07, 6.45) is 0.867. The zero-order chi connectivity index (χ0) is 23.2. The molecular weight excluding hydrogens is 419 g/mol. The summed E-state index contributed by atoms with van der Waals surface area (Å²) in [5, 5.41) is 0. The largest absolute Gasteiger partial charge is 0.378 e. The molecule has 1 aliphatic rings. The van der Waals surface area contributed by atoms with E-state index in [4.69, 9.17) is 14.7 Å². The van der Waals surface area contributed by atoms with Crippen LogP contribution in [0, 0.1) is 5.82 Å². The van der Waals surface area contributed by atoms with E-state index in [2.05, 4.69) is 4.90 Å². The molecule has 0 unspecified atom stereocenters. The number of nitrogens with zero attached hydrogens (tertiary/aromatic N) is 4. The zero-order valence-electron chi connectivity index (χ0n) is 19.1. The fourth-order valence-electron chi connectivity index (χ4n) is 4.16. The lowest BCUT2D eigenvalue weighted by atomic mass is 10.0. The Hall–Kier alpha value is -3.32. The molecule has 3 aromatic rings. The maximum absolute atomic E-state index is 14.6. The van der Waals surface area contributed by atoms with Crippen LogP contribution in [0.2, 0.25) is 0 Å². The number of benzene rings is 2. The minimum Gasteiger partial charge on any atom is -0.378 e. The highest BCUT2D eigenvalue weighted by Crippen LogP contribution is 2.29. The Labute approximate surface area is 194 Å². The number of aromatic nitrogens is 2. The Kier molecular flexibility index (Phi) is 7.29. The van der Waals surface area contributed by atoms with Gasteiger partial charge >= 0.3 is 0 Å². The highest BCUT2D eigenvalue weighted by molar-refractivity contribution is 5.76. The fourth-order valence-corrected chi connectivity index (χ4v) is 4.16. The molecule has 0 bridgehead atoms. The Bertz CT molecular complexity index is 1100. The van der Waals surface area contributed by atoms with Gasteiger partial charge in [0.2, 0.25) is 5.91 Å². The molecule has 0 radical (unpaired) electrons. The van der Waals surface area contributed by atoms with Crippen molar-refractivity contribution in [2.45, 2.75) is 26.4 Å². The number of ether oxygens (including phenoxy) is 1. The van der Waals surface area contributed by atoms with E-state index < -0.39 is 0 Å². The number of amides is 1. The quantitative estimate of drug-likeness (QED) is 0.545. The van der Waals surface area contributed by atoms with Crippen molar-refractivity contribution in [1.82, 2.24) is 14.9 Å². The van der Waals surface area contributed by atoms with Crippen molar-refractivity contribution in [3.63, 3.8) is 0 Å². The monoisotopic (exact) mass is 448 g/mol. The van der Waals surface area contributed by atoms with Crippen LogP contribution in [-0.4, -0.2) is 54.1 Å². The molecule has 0 atom stereocenters. The lowest BCUT2D eigenvalue weighted by Gasteiger charge is -2.36. The standard InChI is InChI=1S/C26H29FN4O2/c1-3-24(32)30-13-15-31(16-14-30)26-21(17-20-11-7-8-12-22(20)27)23(18-33-2)28-25(29-26)19-9-5-4-6-10-19/h4-12H,3,13-18H2,1-2H3. The number of carbonyl (C=O) groups excluding carboxylic acids is 1. The second-order valence-electron chi connectivity index (χ2n) is 8.08. The average molecular weight is 449 g/mol. The van der Waals surface area contributed by atoms with Gasteiger partial charge in [-0.15, -0.1) is 0 Å². The SMILES string of the molecule is CCC(=O)N1CCN(c2nc(-c3ccccc3)nc(COC)c2Cc2ccccc2F)CC1. The first-order valence-corrected chi connectivity index (χ1v) is 11.3. The van der Waals surface area contributed by atoms with E-state index in [9.17, 15) is 9.18 Å². The molecule has 6 nitrogen and oxygen atoms in total. The maximum atomic E-state index is 14.6. The number of rotatable bonds is 7. The average Bonchev–Trinajstić information content (AvgIpc) is 2.86. The summed E-state index contributed by atoms with van der Waals surface area (Å²) in [7, 11) is 1.63. The molecule has 2 heterocycles. The van der Waals surface area contributed by atoms with E-state index in [1.807, 2.05) is 48.2 Å². The van der Waals surface area contributed by atoms with Crippen LogP contribution >= 0.6 is 0 Å². The molecule has 1 saturated heterocycles. The van der Waals surface area contributed by atoms with Crippen LogP contribution in [0.1, 0.15) is 30.2 Å². The molecule has 1 fully saturated rings. The van der Waals surface area contributed by atoms with Gasteiger partial charge in [0, 0.05) is 57.3 Å². The van der Waals surface area contributed by atoms with Crippen molar-refractivity contribution in [3.05, 3.63) is 77.2 Å². The van der Waals surface area contributed by atoms with Crippen molar-refractivity contribution < 1.29 is 13.9 Å². The van der Waals surface area contributed by atoms with Crippen molar-refractivity contribution in [3.8, 4) is 11.4 Å². The van der Waals surface area contributed by atoms with Gasteiger partial charge in [-0.2, -0.15) is 0 Å². The Morgan fingerprint density at radius 3 is 2.36 bits per heavy atom. The summed E-state index contributed by atoms with van der Waals surface area (Å²) in [6.45, 7) is 4.77. The molecular formula is C26H29FN4O2. The minimum absolute atomic E-state index is 0.161. The molecule has 0 N–H and O–H groups in total. The molecule has 0 spiro atoms. The molecule has 0 aliphatic carbocycles. The van der Waals surface area contributed by atoms with Gasteiger partial charge in [0.25, 0.3) is 0 Å². The third-order valence-corrected chi connectivity index (χ3v) is 5.94. The van der Waals surface area contributed by atoms with Crippen LogP contribution in [0.5, 0.6) is 0 Å². The summed E-state index contributed by atoms with van der Waals surface area (Å²) < 4.78 is 20.0. The maximum Gasteiger partial charge on any atom is 0.222 e.